The summed E-state index contributed by atoms with van der Waals surface area (Å²) in [6.07, 6.45) is -11.8. The Morgan fingerprint density at radius 3 is 1.91 bits per heavy atom. The third kappa shape index (κ3) is 4.33. The SMILES string of the molecule is CC(NC(=O)C(F)(NC(F)(F)F)C(F)(F)F)c1ccccc1. The van der Waals surface area contributed by atoms with Crippen LogP contribution in [-0.2, 0) is 4.79 Å². The highest BCUT2D eigenvalue weighted by molar-refractivity contribution is 5.86. The van der Waals surface area contributed by atoms with Crippen LogP contribution in [0.15, 0.2) is 30.3 Å². The third-order valence-electron chi connectivity index (χ3n) is 2.66. The summed E-state index contributed by atoms with van der Waals surface area (Å²) >= 11 is 0. The summed E-state index contributed by atoms with van der Waals surface area (Å²) in [4.78, 5) is 11.4. The van der Waals surface area contributed by atoms with Crippen LogP contribution in [0.2, 0.25) is 0 Å². The van der Waals surface area contributed by atoms with Gasteiger partial charge in [0.1, 0.15) is 0 Å². The van der Waals surface area contributed by atoms with Gasteiger partial charge in [-0.1, -0.05) is 30.3 Å². The third-order valence-corrected chi connectivity index (χ3v) is 2.66. The second kappa shape index (κ2) is 6.11. The second-order valence-electron chi connectivity index (χ2n) is 4.38. The lowest BCUT2D eigenvalue weighted by atomic mass is 10.1. The van der Waals surface area contributed by atoms with Crippen molar-refractivity contribution in [3.8, 4) is 0 Å². The van der Waals surface area contributed by atoms with Crippen LogP contribution in [0.3, 0.4) is 0 Å². The average Bonchev–Trinajstić information content (AvgIpc) is 2.36. The van der Waals surface area contributed by atoms with Gasteiger partial charge in [0.2, 0.25) is 0 Å². The number of amides is 1. The standard InChI is InChI=1S/C12H11F7N2O/c1-7(8-5-3-2-4-6-8)20-9(22)10(13,11(14,15)16)21-12(17,18)19/h2-7,21H,1H3,(H,20,22). The molecule has 0 aliphatic heterocycles. The zero-order valence-electron chi connectivity index (χ0n) is 11.0. The molecule has 1 rings (SSSR count). The van der Waals surface area contributed by atoms with Crippen LogP contribution in [0, 0.1) is 0 Å². The first kappa shape index (κ1) is 18.2. The Morgan fingerprint density at radius 2 is 1.50 bits per heavy atom. The van der Waals surface area contributed by atoms with Crippen LogP contribution in [0.1, 0.15) is 18.5 Å². The van der Waals surface area contributed by atoms with Crippen molar-refractivity contribution in [3.05, 3.63) is 35.9 Å². The van der Waals surface area contributed by atoms with Crippen molar-refractivity contribution in [1.82, 2.24) is 10.6 Å². The molecule has 0 aliphatic carbocycles. The average molecular weight is 332 g/mol. The predicted octanol–water partition coefficient (Wildman–Crippen LogP) is 3.20. The number of carbonyl (C=O) groups is 1. The predicted molar refractivity (Wildman–Crippen MR) is 62.1 cm³/mol. The molecule has 10 heteroatoms. The molecule has 0 saturated heterocycles. The minimum Gasteiger partial charge on any atom is -0.345 e. The van der Waals surface area contributed by atoms with E-state index in [9.17, 15) is 35.5 Å². The molecule has 1 aromatic carbocycles. The summed E-state index contributed by atoms with van der Waals surface area (Å²) < 4.78 is 87.5. The fraction of sp³-hybridized carbons (Fsp3) is 0.417. The van der Waals surface area contributed by atoms with Crippen molar-refractivity contribution >= 4 is 5.91 Å². The van der Waals surface area contributed by atoms with E-state index in [4.69, 9.17) is 0 Å². The van der Waals surface area contributed by atoms with Crippen molar-refractivity contribution in [3.63, 3.8) is 0 Å². The lowest BCUT2D eigenvalue weighted by molar-refractivity contribution is -0.279. The highest BCUT2D eigenvalue weighted by Crippen LogP contribution is 2.35. The van der Waals surface area contributed by atoms with Gasteiger partial charge < -0.3 is 5.32 Å². The fourth-order valence-electron chi connectivity index (χ4n) is 1.57. The van der Waals surface area contributed by atoms with E-state index in [0.29, 0.717) is 5.56 Å². The highest BCUT2D eigenvalue weighted by Gasteiger charge is 2.66. The summed E-state index contributed by atoms with van der Waals surface area (Å²) in [7, 11) is 0. The van der Waals surface area contributed by atoms with Crippen LogP contribution < -0.4 is 10.6 Å². The molecule has 3 nitrogen and oxygen atoms in total. The number of hydrogen-bond acceptors (Lipinski definition) is 2. The number of carbonyl (C=O) groups excluding carboxylic acids is 1. The molecule has 0 radical (unpaired) electrons. The molecule has 0 spiro atoms. The first-order valence-electron chi connectivity index (χ1n) is 5.84. The zero-order chi connectivity index (χ0) is 17.2. The van der Waals surface area contributed by atoms with E-state index >= 15 is 0 Å². The van der Waals surface area contributed by atoms with Crippen LogP contribution in [0.4, 0.5) is 30.7 Å². The quantitative estimate of drug-likeness (QED) is 0.657. The normalized spacial score (nSPS) is 16.7. The smallest absolute Gasteiger partial charge is 0.345 e. The maximum Gasteiger partial charge on any atom is 0.460 e. The van der Waals surface area contributed by atoms with Crippen LogP contribution >= 0.6 is 0 Å². The number of nitrogens with one attached hydrogen (secondary N) is 2. The summed E-state index contributed by atoms with van der Waals surface area (Å²) in [6, 6.07) is 6.28. The van der Waals surface area contributed by atoms with Crippen molar-refractivity contribution < 1.29 is 35.5 Å². The molecule has 0 fully saturated rings. The van der Waals surface area contributed by atoms with E-state index in [2.05, 4.69) is 0 Å². The highest BCUT2D eigenvalue weighted by atomic mass is 19.4. The number of alkyl halides is 7. The number of hydrogen-bond donors (Lipinski definition) is 2. The summed E-state index contributed by atoms with van der Waals surface area (Å²) in [5.74, 6) is -7.76. The summed E-state index contributed by atoms with van der Waals surface area (Å²) in [6.45, 7) is 1.21. The molecule has 1 amide bonds. The molecule has 0 aromatic heterocycles. The van der Waals surface area contributed by atoms with Gasteiger partial charge in [-0.3, -0.25) is 4.79 Å². The maximum absolute atomic E-state index is 13.7. The van der Waals surface area contributed by atoms with Gasteiger partial charge in [0.25, 0.3) is 5.91 Å². The van der Waals surface area contributed by atoms with Crippen molar-refractivity contribution in [2.24, 2.45) is 0 Å². The van der Waals surface area contributed by atoms with Crippen molar-refractivity contribution in [2.45, 2.75) is 31.2 Å². The molecule has 22 heavy (non-hydrogen) atoms. The molecule has 2 atom stereocenters. The van der Waals surface area contributed by atoms with E-state index in [1.54, 1.807) is 11.4 Å². The van der Waals surface area contributed by atoms with Gasteiger partial charge >= 0.3 is 18.3 Å². The van der Waals surface area contributed by atoms with E-state index in [1.165, 1.54) is 31.2 Å². The van der Waals surface area contributed by atoms with Gasteiger partial charge in [-0.25, -0.2) is 4.39 Å². The Kier molecular flexibility index (Phi) is 5.06. The van der Waals surface area contributed by atoms with Gasteiger partial charge in [-0.2, -0.15) is 31.7 Å². The molecule has 0 heterocycles. The number of rotatable bonds is 4. The Bertz CT molecular complexity index is 514. The van der Waals surface area contributed by atoms with Gasteiger partial charge in [-0.15, -0.1) is 0 Å². The Morgan fingerprint density at radius 1 is 1.00 bits per heavy atom. The van der Waals surface area contributed by atoms with E-state index in [-0.39, 0.29) is 5.32 Å². The van der Waals surface area contributed by atoms with Crippen LogP contribution in [0.5, 0.6) is 0 Å². The van der Waals surface area contributed by atoms with Gasteiger partial charge in [0.05, 0.1) is 6.04 Å². The molecule has 0 saturated carbocycles. The largest absolute Gasteiger partial charge is 0.460 e. The topological polar surface area (TPSA) is 41.1 Å². The minimum absolute atomic E-state index is 0.275. The van der Waals surface area contributed by atoms with Gasteiger partial charge in [-0.05, 0) is 12.5 Å². The number of halogens is 7. The van der Waals surface area contributed by atoms with E-state index < -0.39 is 30.2 Å². The molecular formula is C12H11F7N2O. The Hall–Kier alpha value is -1.84. The number of benzene rings is 1. The van der Waals surface area contributed by atoms with Crippen molar-refractivity contribution in [2.75, 3.05) is 0 Å². The molecule has 0 bridgehead atoms. The first-order valence-corrected chi connectivity index (χ1v) is 5.84. The van der Waals surface area contributed by atoms with E-state index in [0.717, 1.165) is 0 Å². The molecule has 124 valence electrons. The van der Waals surface area contributed by atoms with Crippen LogP contribution in [0.25, 0.3) is 0 Å². The molecule has 2 unspecified atom stereocenters. The molecule has 0 aliphatic rings. The first-order chi connectivity index (χ1) is 9.87. The lowest BCUT2D eigenvalue weighted by Gasteiger charge is -2.29. The second-order valence-corrected chi connectivity index (χ2v) is 4.38. The zero-order valence-corrected chi connectivity index (χ0v) is 11.0. The molecular weight excluding hydrogens is 321 g/mol. The summed E-state index contributed by atoms with van der Waals surface area (Å²) in [5, 5.41) is 1.29. The Labute approximate surface area is 120 Å². The lowest BCUT2D eigenvalue weighted by Crippen LogP contribution is -2.66. The molecule has 1 aromatic rings. The van der Waals surface area contributed by atoms with Crippen LogP contribution in [-0.4, -0.2) is 24.2 Å². The fourth-order valence-corrected chi connectivity index (χ4v) is 1.57. The van der Waals surface area contributed by atoms with Gasteiger partial charge in [0, 0.05) is 0 Å². The Balaban J connectivity index is 2.99. The van der Waals surface area contributed by atoms with Crippen molar-refractivity contribution in [1.29, 1.82) is 0 Å². The maximum atomic E-state index is 13.7. The summed E-state index contributed by atoms with van der Waals surface area (Å²) in [5.41, 5.74) is 0.299. The minimum atomic E-state index is -6.09. The molecule has 2 N–H and O–H groups in total. The van der Waals surface area contributed by atoms with E-state index in [1.807, 2.05) is 0 Å². The van der Waals surface area contributed by atoms with Gasteiger partial charge in [0.15, 0.2) is 0 Å². The monoisotopic (exact) mass is 332 g/mol.